The number of methoxy groups -OCH3 is 1. The number of alkyl halides is 2. The summed E-state index contributed by atoms with van der Waals surface area (Å²) in [5, 5.41) is 14.0. The first-order valence-corrected chi connectivity index (χ1v) is 6.04. The Balaban J connectivity index is 2.51. The average molecular weight is 302 g/mol. The lowest BCUT2D eigenvalue weighted by Gasteiger charge is -2.12. The number of benzene rings is 1. The standard InChI is InChI=1S/C12H12F2N2O5/c1-20-11(17)8-4-7(21-12(13)14)5-9(10(8)16(18)19)15-6-2-3-6/h4-6,12,15H,2-3H2,1H3. The van der Waals surface area contributed by atoms with Gasteiger partial charge in [-0.1, -0.05) is 0 Å². The lowest BCUT2D eigenvalue weighted by atomic mass is 10.1. The minimum absolute atomic E-state index is 0.0241. The van der Waals surface area contributed by atoms with Crippen molar-refractivity contribution in [1.82, 2.24) is 0 Å². The zero-order chi connectivity index (χ0) is 15.6. The van der Waals surface area contributed by atoms with Crippen molar-refractivity contribution in [2.24, 2.45) is 0 Å². The molecule has 0 aromatic heterocycles. The molecular weight excluding hydrogens is 290 g/mol. The Morgan fingerprint density at radius 1 is 1.48 bits per heavy atom. The number of halogens is 2. The molecule has 7 nitrogen and oxygen atoms in total. The summed E-state index contributed by atoms with van der Waals surface area (Å²) in [5.41, 5.74) is -1.000. The number of nitrogens with one attached hydrogen (secondary N) is 1. The molecule has 0 aliphatic heterocycles. The van der Waals surface area contributed by atoms with E-state index in [1.54, 1.807) is 0 Å². The summed E-state index contributed by atoms with van der Waals surface area (Å²) in [4.78, 5) is 22.0. The van der Waals surface area contributed by atoms with Gasteiger partial charge in [-0.05, 0) is 12.8 Å². The molecule has 0 amide bonds. The smallest absolute Gasteiger partial charge is 0.387 e. The number of hydrogen-bond acceptors (Lipinski definition) is 6. The summed E-state index contributed by atoms with van der Waals surface area (Å²) < 4.78 is 33.3. The molecule has 1 aromatic carbocycles. The number of nitrogens with zero attached hydrogens (tertiary/aromatic N) is 1. The Labute approximate surface area is 118 Å². The minimum atomic E-state index is -3.11. The lowest BCUT2D eigenvalue weighted by Crippen LogP contribution is -2.12. The topological polar surface area (TPSA) is 90.7 Å². The van der Waals surface area contributed by atoms with E-state index in [4.69, 9.17) is 0 Å². The fourth-order valence-electron chi connectivity index (χ4n) is 1.80. The van der Waals surface area contributed by atoms with Crippen LogP contribution in [0.2, 0.25) is 0 Å². The first-order valence-electron chi connectivity index (χ1n) is 6.04. The van der Waals surface area contributed by atoms with Gasteiger partial charge in [-0.15, -0.1) is 0 Å². The predicted octanol–water partition coefficient (Wildman–Crippen LogP) is 2.56. The number of ether oxygens (including phenoxy) is 2. The highest BCUT2D eigenvalue weighted by molar-refractivity contribution is 5.97. The molecular formula is C12H12F2N2O5. The van der Waals surface area contributed by atoms with Crippen molar-refractivity contribution in [1.29, 1.82) is 0 Å². The predicted molar refractivity (Wildman–Crippen MR) is 67.7 cm³/mol. The maximum absolute atomic E-state index is 12.3. The zero-order valence-electron chi connectivity index (χ0n) is 11.0. The lowest BCUT2D eigenvalue weighted by molar-refractivity contribution is -0.384. The highest BCUT2D eigenvalue weighted by Crippen LogP contribution is 2.37. The molecule has 0 bridgehead atoms. The maximum atomic E-state index is 12.3. The molecule has 1 aliphatic rings. The summed E-state index contributed by atoms with van der Waals surface area (Å²) in [7, 11) is 1.04. The van der Waals surface area contributed by atoms with Gasteiger partial charge in [-0.3, -0.25) is 10.1 Å². The molecule has 114 valence electrons. The number of rotatable bonds is 6. The molecule has 0 saturated heterocycles. The second-order valence-corrected chi connectivity index (χ2v) is 4.41. The van der Waals surface area contributed by atoms with Crippen LogP contribution >= 0.6 is 0 Å². The molecule has 2 rings (SSSR count). The van der Waals surface area contributed by atoms with E-state index >= 15 is 0 Å². The summed E-state index contributed by atoms with van der Waals surface area (Å²) in [6.07, 6.45) is 1.62. The Morgan fingerprint density at radius 3 is 2.62 bits per heavy atom. The monoisotopic (exact) mass is 302 g/mol. The SMILES string of the molecule is COC(=O)c1cc(OC(F)F)cc(NC2CC2)c1[N+](=O)[O-]. The highest BCUT2D eigenvalue weighted by atomic mass is 19.3. The molecule has 21 heavy (non-hydrogen) atoms. The molecule has 0 radical (unpaired) electrons. The van der Waals surface area contributed by atoms with Gasteiger partial charge in [0.1, 0.15) is 17.0 Å². The van der Waals surface area contributed by atoms with Crippen molar-refractivity contribution in [2.75, 3.05) is 12.4 Å². The summed E-state index contributed by atoms with van der Waals surface area (Å²) in [5.74, 6) is -1.35. The number of hydrogen-bond donors (Lipinski definition) is 1. The Morgan fingerprint density at radius 2 is 2.14 bits per heavy atom. The van der Waals surface area contributed by atoms with Crippen LogP contribution in [0.4, 0.5) is 20.2 Å². The molecule has 0 heterocycles. The Bertz CT molecular complexity index is 575. The van der Waals surface area contributed by atoms with E-state index in [2.05, 4.69) is 14.8 Å². The van der Waals surface area contributed by atoms with Gasteiger partial charge >= 0.3 is 18.3 Å². The van der Waals surface area contributed by atoms with Gasteiger partial charge in [0.05, 0.1) is 12.0 Å². The third-order valence-corrected chi connectivity index (χ3v) is 2.83. The van der Waals surface area contributed by atoms with Gasteiger partial charge < -0.3 is 14.8 Å². The maximum Gasteiger partial charge on any atom is 0.387 e. The summed E-state index contributed by atoms with van der Waals surface area (Å²) in [6, 6.07) is 1.97. The average Bonchev–Trinajstić information content (AvgIpc) is 3.19. The van der Waals surface area contributed by atoms with Crippen LogP contribution in [0.5, 0.6) is 5.75 Å². The van der Waals surface area contributed by atoms with Crippen LogP contribution in [0.3, 0.4) is 0 Å². The van der Waals surface area contributed by atoms with Gasteiger partial charge in [0, 0.05) is 18.2 Å². The summed E-state index contributed by atoms with van der Waals surface area (Å²) >= 11 is 0. The van der Waals surface area contributed by atoms with Crippen LogP contribution in [0.25, 0.3) is 0 Å². The fourth-order valence-corrected chi connectivity index (χ4v) is 1.80. The van der Waals surface area contributed by atoms with Crippen molar-refractivity contribution >= 4 is 17.3 Å². The van der Waals surface area contributed by atoms with Crippen LogP contribution in [0.15, 0.2) is 12.1 Å². The molecule has 0 spiro atoms. The number of esters is 1. The Kier molecular flexibility index (Phi) is 4.20. The van der Waals surface area contributed by atoms with Gasteiger partial charge in [0.25, 0.3) is 0 Å². The molecule has 0 unspecified atom stereocenters. The second-order valence-electron chi connectivity index (χ2n) is 4.41. The van der Waals surface area contributed by atoms with Crippen molar-refractivity contribution in [3.05, 3.63) is 27.8 Å². The number of nitro benzene ring substituents is 1. The number of anilines is 1. The van der Waals surface area contributed by atoms with E-state index in [0.29, 0.717) is 0 Å². The molecule has 1 N–H and O–H groups in total. The van der Waals surface area contributed by atoms with E-state index < -0.39 is 28.8 Å². The van der Waals surface area contributed by atoms with E-state index in [1.807, 2.05) is 0 Å². The molecule has 9 heteroatoms. The molecule has 1 fully saturated rings. The molecule has 1 aromatic rings. The normalized spacial score (nSPS) is 13.9. The van der Waals surface area contributed by atoms with Crippen molar-refractivity contribution in [2.45, 2.75) is 25.5 Å². The minimum Gasteiger partial charge on any atom is -0.465 e. The van der Waals surface area contributed by atoms with Gasteiger partial charge in [-0.2, -0.15) is 8.78 Å². The molecule has 0 atom stereocenters. The molecule has 1 saturated carbocycles. The van der Waals surface area contributed by atoms with Crippen LogP contribution in [-0.2, 0) is 4.74 Å². The second kappa shape index (κ2) is 5.90. The van der Waals surface area contributed by atoms with Crippen LogP contribution in [-0.4, -0.2) is 30.7 Å². The number of carbonyl (C=O) groups excluding carboxylic acids is 1. The van der Waals surface area contributed by atoms with E-state index in [1.165, 1.54) is 0 Å². The van der Waals surface area contributed by atoms with Crippen molar-refractivity contribution in [3.63, 3.8) is 0 Å². The molecule has 1 aliphatic carbocycles. The van der Waals surface area contributed by atoms with Crippen molar-refractivity contribution in [3.8, 4) is 5.75 Å². The van der Waals surface area contributed by atoms with Gasteiger partial charge in [0.2, 0.25) is 0 Å². The zero-order valence-corrected chi connectivity index (χ0v) is 11.0. The first-order chi connectivity index (χ1) is 9.92. The van der Waals surface area contributed by atoms with Gasteiger partial charge in [0.15, 0.2) is 0 Å². The highest BCUT2D eigenvalue weighted by Gasteiger charge is 2.31. The fraction of sp³-hybridized carbons (Fsp3) is 0.417. The van der Waals surface area contributed by atoms with Crippen LogP contribution in [0, 0.1) is 10.1 Å². The van der Waals surface area contributed by atoms with Crippen molar-refractivity contribution < 1.29 is 28.0 Å². The van der Waals surface area contributed by atoms with E-state index in [-0.39, 0.29) is 17.5 Å². The van der Waals surface area contributed by atoms with E-state index in [9.17, 15) is 23.7 Å². The third-order valence-electron chi connectivity index (χ3n) is 2.83. The quantitative estimate of drug-likeness (QED) is 0.493. The first kappa shape index (κ1) is 14.9. The van der Waals surface area contributed by atoms with Crippen LogP contribution < -0.4 is 10.1 Å². The van der Waals surface area contributed by atoms with Crippen LogP contribution in [0.1, 0.15) is 23.2 Å². The third kappa shape index (κ3) is 3.56. The van der Waals surface area contributed by atoms with E-state index in [0.717, 1.165) is 32.1 Å². The largest absolute Gasteiger partial charge is 0.465 e. The Hall–Kier alpha value is -2.45. The number of carbonyl (C=O) groups is 1. The number of nitro groups is 1. The summed E-state index contributed by atoms with van der Waals surface area (Å²) in [6.45, 7) is -3.11. The van der Waals surface area contributed by atoms with Gasteiger partial charge in [-0.25, -0.2) is 4.79 Å².